The van der Waals surface area contributed by atoms with Gasteiger partial charge in [0.05, 0.1) is 25.2 Å². The Bertz CT molecular complexity index is 1610. The van der Waals surface area contributed by atoms with Crippen molar-refractivity contribution in [3.63, 3.8) is 0 Å². The number of carbonyl (C=O) groups is 2. The third-order valence-corrected chi connectivity index (χ3v) is 9.61. The molecule has 3 aromatic carbocycles. The first kappa shape index (κ1) is 33.7. The largest absolute Gasteiger partial charge is 0.497 e. The van der Waals surface area contributed by atoms with E-state index < -0.39 is 22.9 Å². The first-order valence-corrected chi connectivity index (χ1v) is 16.0. The second kappa shape index (κ2) is 14.8. The number of rotatable bonds is 12. The first-order chi connectivity index (χ1) is 22.7. The van der Waals surface area contributed by atoms with Gasteiger partial charge in [0, 0.05) is 29.8 Å². The summed E-state index contributed by atoms with van der Waals surface area (Å²) in [6.07, 6.45) is 3.22. The lowest BCUT2D eigenvalue weighted by Crippen LogP contribution is -2.54. The van der Waals surface area contributed by atoms with Crippen LogP contribution in [0.5, 0.6) is 5.75 Å². The molecule has 2 heterocycles. The Balaban J connectivity index is 1.31. The highest BCUT2D eigenvalue weighted by Crippen LogP contribution is 2.42. The molecule has 246 valence electrons. The Labute approximate surface area is 279 Å². The summed E-state index contributed by atoms with van der Waals surface area (Å²) in [5, 5.41) is 14.4. The minimum Gasteiger partial charge on any atom is -0.497 e. The molecule has 2 atom stereocenters. The fourth-order valence-electron chi connectivity index (χ4n) is 6.82. The van der Waals surface area contributed by atoms with E-state index in [1.165, 1.54) is 35.4 Å². The highest BCUT2D eigenvalue weighted by Gasteiger charge is 2.44. The van der Waals surface area contributed by atoms with E-state index in [0.29, 0.717) is 30.7 Å². The van der Waals surface area contributed by atoms with E-state index >= 15 is 0 Å². The highest BCUT2D eigenvalue weighted by atomic mass is 32.1. The Morgan fingerprint density at radius 2 is 1.68 bits per heavy atom. The molecule has 2 aliphatic rings. The average molecular weight is 658 g/mol. The molecule has 0 saturated carbocycles. The number of piperidine rings is 1. The molecule has 2 aliphatic heterocycles. The number of carbonyl (C=O) groups excluding carboxylic acids is 2. The standard InChI is InChI=1S/C35H39N5O6S/c1-25-31(33(42)46-3)32(26-10-14-29(15-11-26)40(43)44)39(34(47)36-25)38(24-41)21-7-20-37-22-18-35(19-23-37,27-8-5-4-6-9-27)28-12-16-30(45-2)17-13-28/h4-6,8-17,24,31-32H,7,18-23H2,1-3H3. The quantitative estimate of drug-likeness (QED) is 0.0836. The normalized spacial score (nSPS) is 19.4. The van der Waals surface area contributed by atoms with Crippen molar-refractivity contribution in [1.82, 2.24) is 14.9 Å². The van der Waals surface area contributed by atoms with Crippen molar-refractivity contribution in [2.45, 2.75) is 37.6 Å². The van der Waals surface area contributed by atoms with Crippen LogP contribution in [0.15, 0.2) is 83.9 Å². The number of hydrogen-bond donors (Lipinski definition) is 0. The van der Waals surface area contributed by atoms with E-state index in [2.05, 4.69) is 46.3 Å². The van der Waals surface area contributed by atoms with Gasteiger partial charge in [-0.1, -0.05) is 54.6 Å². The number of aliphatic imine (C=N–C) groups is 1. The molecular weight excluding hydrogens is 618 g/mol. The third-order valence-electron chi connectivity index (χ3n) is 9.34. The van der Waals surface area contributed by atoms with E-state index in [1.807, 2.05) is 18.2 Å². The minimum atomic E-state index is -0.873. The molecule has 0 aliphatic carbocycles. The van der Waals surface area contributed by atoms with Gasteiger partial charge < -0.3 is 14.4 Å². The number of benzene rings is 3. The molecule has 0 bridgehead atoms. The van der Waals surface area contributed by atoms with E-state index in [0.717, 1.165) is 38.2 Å². The van der Waals surface area contributed by atoms with Crippen LogP contribution >= 0.6 is 12.2 Å². The van der Waals surface area contributed by atoms with Crippen molar-refractivity contribution >= 4 is 41.1 Å². The number of likely N-dealkylation sites (tertiary alicyclic amines) is 1. The number of methoxy groups -OCH3 is 2. The zero-order valence-corrected chi connectivity index (χ0v) is 27.6. The number of nitrogens with zero attached hydrogens (tertiary/aromatic N) is 5. The molecule has 0 spiro atoms. The maximum absolute atomic E-state index is 13.0. The van der Waals surface area contributed by atoms with E-state index in [9.17, 15) is 19.7 Å². The molecular formula is C35H39N5O6S. The second-order valence-electron chi connectivity index (χ2n) is 11.8. The fourth-order valence-corrected chi connectivity index (χ4v) is 7.18. The topological polar surface area (TPSA) is 118 Å². The van der Waals surface area contributed by atoms with Crippen molar-refractivity contribution in [3.8, 4) is 5.75 Å². The van der Waals surface area contributed by atoms with Crippen LogP contribution in [-0.2, 0) is 19.7 Å². The van der Waals surface area contributed by atoms with Crippen molar-refractivity contribution in [1.29, 1.82) is 0 Å². The van der Waals surface area contributed by atoms with Gasteiger partial charge in [-0.15, -0.1) is 0 Å². The molecule has 0 aromatic heterocycles. The van der Waals surface area contributed by atoms with Gasteiger partial charge in [0.2, 0.25) is 11.5 Å². The van der Waals surface area contributed by atoms with Gasteiger partial charge in [-0.2, -0.15) is 0 Å². The minimum absolute atomic E-state index is 0.0873. The summed E-state index contributed by atoms with van der Waals surface area (Å²) in [7, 11) is 2.96. The molecule has 47 heavy (non-hydrogen) atoms. The number of amides is 1. The van der Waals surface area contributed by atoms with E-state index in [4.69, 9.17) is 21.7 Å². The highest BCUT2D eigenvalue weighted by molar-refractivity contribution is 7.80. The number of ether oxygens (including phenoxy) is 2. The van der Waals surface area contributed by atoms with Gasteiger partial charge in [0.15, 0.2) is 0 Å². The van der Waals surface area contributed by atoms with Gasteiger partial charge in [-0.25, -0.2) is 10.0 Å². The van der Waals surface area contributed by atoms with Crippen molar-refractivity contribution in [2.75, 3.05) is 40.4 Å². The zero-order chi connectivity index (χ0) is 33.6. The number of esters is 1. The summed E-state index contributed by atoms with van der Waals surface area (Å²) in [5.74, 6) is -0.585. The monoisotopic (exact) mass is 657 g/mol. The number of nitro groups is 1. The Kier molecular flexibility index (Phi) is 10.6. The third kappa shape index (κ3) is 7.03. The second-order valence-corrected chi connectivity index (χ2v) is 12.2. The van der Waals surface area contributed by atoms with Crippen molar-refractivity contribution < 1.29 is 24.0 Å². The number of nitro benzene ring substituents is 1. The average Bonchev–Trinajstić information content (AvgIpc) is 3.10. The summed E-state index contributed by atoms with van der Waals surface area (Å²) < 4.78 is 10.5. The molecule has 12 heteroatoms. The molecule has 1 saturated heterocycles. The lowest BCUT2D eigenvalue weighted by Gasteiger charge is -2.45. The molecule has 2 unspecified atom stereocenters. The van der Waals surface area contributed by atoms with Gasteiger partial charge in [-0.3, -0.25) is 24.7 Å². The van der Waals surface area contributed by atoms with Gasteiger partial charge >= 0.3 is 5.97 Å². The molecule has 11 nitrogen and oxygen atoms in total. The summed E-state index contributed by atoms with van der Waals surface area (Å²) >= 11 is 5.64. The predicted octanol–water partition coefficient (Wildman–Crippen LogP) is 5.34. The van der Waals surface area contributed by atoms with Crippen LogP contribution in [0.2, 0.25) is 0 Å². The number of non-ortho nitro benzene ring substituents is 1. The Morgan fingerprint density at radius 1 is 1.04 bits per heavy atom. The SMILES string of the molecule is COC(=O)C1C(C)=NC(=S)N(N(C=O)CCCN2CCC(c3ccccc3)(c3ccc(OC)cc3)CC2)C1c1ccc([N+](=O)[O-])cc1. The molecule has 1 fully saturated rings. The smallest absolute Gasteiger partial charge is 0.316 e. The van der Waals surface area contributed by atoms with Gasteiger partial charge in [0.25, 0.3) is 5.69 Å². The Morgan fingerprint density at radius 3 is 2.26 bits per heavy atom. The zero-order valence-electron chi connectivity index (χ0n) is 26.8. The van der Waals surface area contributed by atoms with Crippen LogP contribution < -0.4 is 4.74 Å². The summed E-state index contributed by atoms with van der Waals surface area (Å²) in [6.45, 7) is 4.53. The van der Waals surface area contributed by atoms with Crippen molar-refractivity contribution in [3.05, 3.63) is 106 Å². The van der Waals surface area contributed by atoms with Crippen LogP contribution in [0.25, 0.3) is 0 Å². The maximum Gasteiger partial charge on any atom is 0.316 e. The van der Waals surface area contributed by atoms with Crippen LogP contribution in [0, 0.1) is 16.0 Å². The molecule has 0 N–H and O–H groups in total. The lowest BCUT2D eigenvalue weighted by atomic mass is 9.68. The summed E-state index contributed by atoms with van der Waals surface area (Å²) in [4.78, 5) is 43.2. The lowest BCUT2D eigenvalue weighted by molar-refractivity contribution is -0.384. The Hall–Kier alpha value is -4.68. The van der Waals surface area contributed by atoms with E-state index in [1.54, 1.807) is 31.2 Å². The summed E-state index contributed by atoms with van der Waals surface area (Å²) in [5.41, 5.74) is 3.37. The van der Waals surface area contributed by atoms with Crippen LogP contribution in [-0.4, -0.2) is 83.4 Å². The number of hydrazine groups is 1. The molecule has 0 radical (unpaired) electrons. The number of hydrogen-bond acceptors (Lipinski definition) is 8. The van der Waals surface area contributed by atoms with Crippen molar-refractivity contribution in [2.24, 2.45) is 10.9 Å². The first-order valence-electron chi connectivity index (χ1n) is 15.6. The summed E-state index contributed by atoms with van der Waals surface area (Å²) in [6, 6.07) is 24.1. The van der Waals surface area contributed by atoms with Crippen LogP contribution in [0.1, 0.15) is 48.9 Å². The van der Waals surface area contributed by atoms with Gasteiger partial charge in [0.1, 0.15) is 11.7 Å². The maximum atomic E-state index is 13.0. The van der Waals surface area contributed by atoms with E-state index in [-0.39, 0.29) is 16.2 Å². The number of thiocarbonyl (C=S) groups is 1. The molecule has 3 aromatic rings. The molecule has 5 rings (SSSR count). The van der Waals surface area contributed by atoms with Crippen LogP contribution in [0.4, 0.5) is 5.69 Å². The predicted molar refractivity (Wildman–Crippen MR) is 182 cm³/mol. The van der Waals surface area contributed by atoms with Gasteiger partial charge in [-0.05, 0) is 86.9 Å². The fraction of sp³-hybridized carbons (Fsp3) is 0.371. The molecule has 1 amide bonds. The van der Waals surface area contributed by atoms with Crippen LogP contribution in [0.3, 0.4) is 0 Å².